The van der Waals surface area contributed by atoms with E-state index in [2.05, 4.69) is 21.8 Å². The molecule has 0 radical (unpaired) electrons. The Bertz CT molecular complexity index is 669. The monoisotopic (exact) mass is 349 g/mol. The highest BCUT2D eigenvalue weighted by Crippen LogP contribution is 2.33. The van der Waals surface area contributed by atoms with Crippen LogP contribution in [0, 0.1) is 12.8 Å². The zero-order valence-corrected chi connectivity index (χ0v) is 15.4. The smallest absolute Gasteiger partial charge is 0.188 e. The zero-order chi connectivity index (χ0) is 16.7. The van der Waals surface area contributed by atoms with Gasteiger partial charge in [-0.25, -0.2) is 9.67 Å². The van der Waals surface area contributed by atoms with Crippen molar-refractivity contribution in [2.45, 2.75) is 38.6 Å². The standard InChI is InChI=1S/C17H27N5OS/c1-12-15-16(20(2)19-12)18-17(24-15)21-8-5-14(6-9-21)22-7-3-4-13(10-22)11-23/h13-14,23H,3-11H2,1-2H3. The minimum atomic E-state index is 0.342. The van der Waals surface area contributed by atoms with Crippen molar-refractivity contribution in [3.8, 4) is 0 Å². The van der Waals surface area contributed by atoms with Gasteiger partial charge < -0.3 is 10.0 Å². The Morgan fingerprint density at radius 2 is 2.00 bits per heavy atom. The number of thiazole rings is 1. The molecule has 0 saturated carbocycles. The van der Waals surface area contributed by atoms with E-state index in [-0.39, 0.29) is 0 Å². The molecule has 7 heteroatoms. The molecule has 0 spiro atoms. The number of aliphatic hydroxyl groups excluding tert-OH is 1. The first kappa shape index (κ1) is 16.3. The molecule has 4 heterocycles. The number of likely N-dealkylation sites (tertiary alicyclic amines) is 1. The van der Waals surface area contributed by atoms with Crippen molar-refractivity contribution >= 4 is 26.8 Å². The van der Waals surface area contributed by atoms with Crippen LogP contribution < -0.4 is 4.90 Å². The molecule has 2 fully saturated rings. The highest BCUT2D eigenvalue weighted by atomic mass is 32.1. The van der Waals surface area contributed by atoms with Crippen molar-refractivity contribution in [2.24, 2.45) is 13.0 Å². The van der Waals surface area contributed by atoms with Crippen molar-refractivity contribution in [3.05, 3.63) is 5.69 Å². The van der Waals surface area contributed by atoms with Crippen LogP contribution in [0.1, 0.15) is 31.4 Å². The fourth-order valence-corrected chi connectivity index (χ4v) is 5.29. The maximum Gasteiger partial charge on any atom is 0.188 e. The minimum absolute atomic E-state index is 0.342. The van der Waals surface area contributed by atoms with Crippen LogP contribution in [-0.4, -0.2) is 63.6 Å². The molecule has 2 aliphatic heterocycles. The van der Waals surface area contributed by atoms with E-state index in [0.717, 1.165) is 36.1 Å². The lowest BCUT2D eigenvalue weighted by atomic mass is 9.94. The van der Waals surface area contributed by atoms with Crippen molar-refractivity contribution in [1.29, 1.82) is 0 Å². The number of anilines is 1. The summed E-state index contributed by atoms with van der Waals surface area (Å²) >= 11 is 1.78. The number of hydrogen-bond donors (Lipinski definition) is 1. The van der Waals surface area contributed by atoms with Crippen LogP contribution in [0.5, 0.6) is 0 Å². The maximum absolute atomic E-state index is 9.44. The van der Waals surface area contributed by atoms with Gasteiger partial charge in [-0.05, 0) is 45.1 Å². The van der Waals surface area contributed by atoms with Gasteiger partial charge in [0, 0.05) is 39.3 Å². The first-order chi connectivity index (χ1) is 11.7. The van der Waals surface area contributed by atoms with E-state index < -0.39 is 0 Å². The van der Waals surface area contributed by atoms with Gasteiger partial charge in [-0.3, -0.25) is 4.90 Å². The number of hydrogen-bond acceptors (Lipinski definition) is 6. The van der Waals surface area contributed by atoms with E-state index in [4.69, 9.17) is 4.98 Å². The van der Waals surface area contributed by atoms with Gasteiger partial charge in [0.2, 0.25) is 0 Å². The first-order valence-electron chi connectivity index (χ1n) is 9.05. The lowest BCUT2D eigenvalue weighted by Gasteiger charge is -2.42. The molecule has 24 heavy (non-hydrogen) atoms. The summed E-state index contributed by atoms with van der Waals surface area (Å²) in [7, 11) is 1.97. The predicted molar refractivity (Wildman–Crippen MR) is 97.7 cm³/mol. The van der Waals surface area contributed by atoms with Gasteiger partial charge in [0.15, 0.2) is 10.8 Å². The van der Waals surface area contributed by atoms with E-state index in [1.807, 2.05) is 11.7 Å². The van der Waals surface area contributed by atoms with E-state index >= 15 is 0 Å². The molecular weight excluding hydrogens is 322 g/mol. The Kier molecular flexibility index (Phi) is 4.49. The van der Waals surface area contributed by atoms with Gasteiger partial charge in [-0.2, -0.15) is 5.10 Å². The van der Waals surface area contributed by atoms with Crippen LogP contribution >= 0.6 is 11.3 Å². The van der Waals surface area contributed by atoms with Crippen LogP contribution in [0.3, 0.4) is 0 Å². The summed E-state index contributed by atoms with van der Waals surface area (Å²) < 4.78 is 3.11. The molecule has 2 aromatic heterocycles. The molecular formula is C17H27N5OS. The normalized spacial score (nSPS) is 24.1. The quantitative estimate of drug-likeness (QED) is 0.919. The summed E-state index contributed by atoms with van der Waals surface area (Å²) in [5.41, 5.74) is 2.09. The van der Waals surface area contributed by atoms with Gasteiger partial charge in [0.1, 0.15) is 0 Å². The van der Waals surface area contributed by atoms with E-state index in [1.54, 1.807) is 11.3 Å². The van der Waals surface area contributed by atoms with Crippen molar-refractivity contribution in [1.82, 2.24) is 19.7 Å². The summed E-state index contributed by atoms with van der Waals surface area (Å²) in [6.45, 7) is 6.84. The maximum atomic E-state index is 9.44. The highest BCUT2D eigenvalue weighted by molar-refractivity contribution is 7.22. The van der Waals surface area contributed by atoms with E-state index in [1.165, 1.54) is 36.9 Å². The highest BCUT2D eigenvalue weighted by Gasteiger charge is 2.29. The van der Waals surface area contributed by atoms with Crippen LogP contribution in [0.2, 0.25) is 0 Å². The summed E-state index contributed by atoms with van der Waals surface area (Å²) in [6.07, 6.45) is 4.82. The Labute approximate surface area is 147 Å². The number of piperidine rings is 2. The molecule has 6 nitrogen and oxygen atoms in total. The second kappa shape index (κ2) is 6.61. The Hall–Kier alpha value is -1.18. The molecule has 4 rings (SSSR count). The van der Waals surface area contributed by atoms with Crippen LogP contribution in [0.4, 0.5) is 5.13 Å². The third kappa shape index (κ3) is 2.93. The number of nitrogens with zero attached hydrogens (tertiary/aromatic N) is 5. The third-order valence-electron chi connectivity index (χ3n) is 5.59. The molecule has 1 unspecified atom stereocenters. The fraction of sp³-hybridized carbons (Fsp3) is 0.765. The molecule has 0 amide bonds. The SMILES string of the molecule is Cc1nn(C)c2nc(N3CCC(N4CCCC(CO)C4)CC3)sc12. The van der Waals surface area contributed by atoms with Crippen LogP contribution in [0.25, 0.3) is 10.3 Å². The Morgan fingerprint density at radius 3 is 2.71 bits per heavy atom. The predicted octanol–water partition coefficient (Wildman–Crippen LogP) is 2.01. The van der Waals surface area contributed by atoms with Gasteiger partial charge in [-0.15, -0.1) is 0 Å². The second-order valence-corrected chi connectivity index (χ2v) is 8.24. The minimum Gasteiger partial charge on any atom is -0.396 e. The van der Waals surface area contributed by atoms with Gasteiger partial charge in [-0.1, -0.05) is 11.3 Å². The van der Waals surface area contributed by atoms with Crippen molar-refractivity contribution in [3.63, 3.8) is 0 Å². The van der Waals surface area contributed by atoms with Gasteiger partial charge >= 0.3 is 0 Å². The number of aromatic nitrogens is 3. The number of fused-ring (bicyclic) bond motifs is 1. The molecule has 1 N–H and O–H groups in total. The first-order valence-corrected chi connectivity index (χ1v) is 9.87. The van der Waals surface area contributed by atoms with Crippen LogP contribution in [0.15, 0.2) is 0 Å². The average molecular weight is 350 g/mol. The summed E-state index contributed by atoms with van der Waals surface area (Å²) in [4.78, 5) is 9.88. The van der Waals surface area contributed by atoms with Crippen molar-refractivity contribution < 1.29 is 5.11 Å². The summed E-state index contributed by atoms with van der Waals surface area (Å²) in [5.74, 6) is 0.483. The molecule has 0 bridgehead atoms. The molecule has 132 valence electrons. The van der Waals surface area contributed by atoms with Crippen molar-refractivity contribution in [2.75, 3.05) is 37.7 Å². The topological polar surface area (TPSA) is 57.4 Å². The number of aryl methyl sites for hydroxylation is 2. The molecule has 2 aromatic rings. The molecule has 2 saturated heterocycles. The van der Waals surface area contributed by atoms with E-state index in [0.29, 0.717) is 18.6 Å². The fourth-order valence-electron chi connectivity index (χ4n) is 4.21. The summed E-state index contributed by atoms with van der Waals surface area (Å²) in [6, 6.07) is 0.674. The molecule has 0 aromatic carbocycles. The number of aliphatic hydroxyl groups is 1. The lowest BCUT2D eigenvalue weighted by Crippen LogP contribution is -2.49. The van der Waals surface area contributed by atoms with Gasteiger partial charge in [0.05, 0.1) is 10.4 Å². The Balaban J connectivity index is 1.41. The zero-order valence-electron chi connectivity index (χ0n) is 14.6. The van der Waals surface area contributed by atoms with Crippen LogP contribution in [-0.2, 0) is 7.05 Å². The lowest BCUT2D eigenvalue weighted by molar-refractivity contribution is 0.0778. The Morgan fingerprint density at radius 1 is 1.21 bits per heavy atom. The molecule has 1 atom stereocenters. The third-order valence-corrected chi connectivity index (χ3v) is 6.81. The number of rotatable bonds is 3. The van der Waals surface area contributed by atoms with Gasteiger partial charge in [0.25, 0.3) is 0 Å². The average Bonchev–Trinajstić information content (AvgIpc) is 3.17. The second-order valence-electron chi connectivity index (χ2n) is 7.26. The largest absolute Gasteiger partial charge is 0.396 e. The molecule has 2 aliphatic rings. The summed E-state index contributed by atoms with van der Waals surface area (Å²) in [5, 5.41) is 15.0. The van der Waals surface area contributed by atoms with E-state index in [9.17, 15) is 5.11 Å². The molecule has 0 aliphatic carbocycles.